The Hall–Kier alpha value is -5.40. The van der Waals surface area contributed by atoms with Crippen LogP contribution >= 0.6 is 0 Å². The summed E-state index contributed by atoms with van der Waals surface area (Å²) in [6.07, 6.45) is 0. The van der Waals surface area contributed by atoms with Gasteiger partial charge in [0.05, 0.1) is 5.69 Å². The summed E-state index contributed by atoms with van der Waals surface area (Å²) in [5.41, 5.74) is 10.7. The fourth-order valence-electron chi connectivity index (χ4n) is 5.76. The first-order valence-corrected chi connectivity index (χ1v) is 14.0. The number of hydrogen-bond acceptors (Lipinski definition) is 1. The van der Waals surface area contributed by atoms with E-state index in [-0.39, 0.29) is 0 Å². The van der Waals surface area contributed by atoms with Crippen LogP contribution in [0.2, 0.25) is 0 Å². The smallest absolute Gasteiger partial charge is 0.0540 e. The molecule has 7 aromatic rings. The second kappa shape index (κ2) is 11.0. The van der Waals surface area contributed by atoms with E-state index in [1.54, 1.807) is 0 Å². The number of hydrogen-bond donors (Lipinski definition) is 0. The summed E-state index contributed by atoms with van der Waals surface area (Å²) >= 11 is 0. The van der Waals surface area contributed by atoms with Crippen LogP contribution in [-0.2, 0) is 0 Å². The zero-order chi connectivity index (χ0) is 27.4. The van der Waals surface area contributed by atoms with E-state index < -0.39 is 0 Å². The molecule has 0 heterocycles. The molecule has 7 aromatic carbocycles. The summed E-state index contributed by atoms with van der Waals surface area (Å²) in [5, 5.41) is 2.50. The van der Waals surface area contributed by atoms with Crippen LogP contribution in [0.3, 0.4) is 0 Å². The molecule has 0 aliphatic carbocycles. The SMILES string of the molecule is c1ccc(-c2ccc(N(c3ccccc3)c3ccccc3-c3cccc4cccc(-c5ccccc5)c34)cc2)cc1. The summed E-state index contributed by atoms with van der Waals surface area (Å²) in [5.74, 6) is 0. The molecular formula is C40H29N. The van der Waals surface area contributed by atoms with Crippen molar-refractivity contribution in [3.8, 4) is 33.4 Å². The minimum absolute atomic E-state index is 1.12. The largest absolute Gasteiger partial charge is 0.310 e. The van der Waals surface area contributed by atoms with Crippen molar-refractivity contribution in [3.05, 3.63) is 176 Å². The lowest BCUT2D eigenvalue weighted by atomic mass is 9.90. The van der Waals surface area contributed by atoms with Gasteiger partial charge in [0.2, 0.25) is 0 Å². The van der Waals surface area contributed by atoms with Crippen molar-refractivity contribution in [2.75, 3.05) is 4.90 Å². The number of para-hydroxylation sites is 2. The van der Waals surface area contributed by atoms with E-state index in [1.807, 2.05) is 0 Å². The number of nitrogens with zero attached hydrogens (tertiary/aromatic N) is 1. The van der Waals surface area contributed by atoms with E-state index in [0.717, 1.165) is 17.1 Å². The van der Waals surface area contributed by atoms with E-state index in [1.165, 1.54) is 44.2 Å². The standard InChI is InChI=1S/C40H29N/c1-4-14-30(15-5-1)31-26-28-35(29-27-31)41(34-20-8-3-9-21-34)39-25-11-10-22-37(39)38-24-13-19-33-18-12-23-36(40(33)38)32-16-6-2-7-17-32/h1-29H. The molecule has 0 atom stereocenters. The summed E-state index contributed by atoms with van der Waals surface area (Å²) in [4.78, 5) is 2.37. The Kier molecular flexibility index (Phi) is 6.61. The van der Waals surface area contributed by atoms with Gasteiger partial charge in [0, 0.05) is 16.9 Å². The molecule has 0 saturated heterocycles. The van der Waals surface area contributed by atoms with Crippen LogP contribution < -0.4 is 4.90 Å². The number of benzene rings is 7. The Labute approximate surface area is 241 Å². The van der Waals surface area contributed by atoms with Crippen molar-refractivity contribution in [1.29, 1.82) is 0 Å². The van der Waals surface area contributed by atoms with Crippen LogP contribution in [0.1, 0.15) is 0 Å². The lowest BCUT2D eigenvalue weighted by Crippen LogP contribution is -2.11. The van der Waals surface area contributed by atoms with Gasteiger partial charge in [-0.3, -0.25) is 0 Å². The minimum Gasteiger partial charge on any atom is -0.310 e. The van der Waals surface area contributed by atoms with Crippen LogP contribution in [0.4, 0.5) is 17.1 Å². The highest BCUT2D eigenvalue weighted by atomic mass is 15.1. The maximum Gasteiger partial charge on any atom is 0.0540 e. The second-order valence-corrected chi connectivity index (χ2v) is 10.2. The first kappa shape index (κ1) is 24.6. The third-order valence-electron chi connectivity index (χ3n) is 7.67. The maximum absolute atomic E-state index is 2.37. The van der Waals surface area contributed by atoms with Crippen molar-refractivity contribution < 1.29 is 0 Å². The van der Waals surface area contributed by atoms with Gasteiger partial charge < -0.3 is 4.90 Å². The van der Waals surface area contributed by atoms with Crippen LogP contribution in [0, 0.1) is 0 Å². The van der Waals surface area contributed by atoms with Gasteiger partial charge in [0.1, 0.15) is 0 Å². The molecule has 0 bridgehead atoms. The molecule has 0 N–H and O–H groups in total. The van der Waals surface area contributed by atoms with Crippen molar-refractivity contribution in [2.24, 2.45) is 0 Å². The highest BCUT2D eigenvalue weighted by Crippen LogP contribution is 2.44. The van der Waals surface area contributed by atoms with Gasteiger partial charge in [-0.15, -0.1) is 0 Å². The zero-order valence-corrected chi connectivity index (χ0v) is 22.7. The Morgan fingerprint density at radius 3 is 1.46 bits per heavy atom. The second-order valence-electron chi connectivity index (χ2n) is 10.2. The molecule has 0 amide bonds. The molecule has 41 heavy (non-hydrogen) atoms. The van der Waals surface area contributed by atoms with Gasteiger partial charge in [-0.1, -0.05) is 146 Å². The van der Waals surface area contributed by atoms with Crippen molar-refractivity contribution in [3.63, 3.8) is 0 Å². The lowest BCUT2D eigenvalue weighted by Gasteiger charge is -2.28. The zero-order valence-electron chi connectivity index (χ0n) is 22.7. The summed E-state index contributed by atoms with van der Waals surface area (Å²) in [6.45, 7) is 0. The fourth-order valence-corrected chi connectivity index (χ4v) is 5.76. The molecule has 0 aliphatic rings. The van der Waals surface area contributed by atoms with Crippen molar-refractivity contribution in [2.45, 2.75) is 0 Å². The number of rotatable bonds is 6. The predicted octanol–water partition coefficient (Wildman–Crippen LogP) is 11.3. The molecular weight excluding hydrogens is 494 g/mol. The fraction of sp³-hybridized carbons (Fsp3) is 0. The Bertz CT molecular complexity index is 1900. The summed E-state index contributed by atoms with van der Waals surface area (Å²) in [7, 11) is 0. The molecule has 0 saturated carbocycles. The van der Waals surface area contributed by atoms with E-state index in [9.17, 15) is 0 Å². The Morgan fingerprint density at radius 1 is 0.293 bits per heavy atom. The van der Waals surface area contributed by atoms with Crippen LogP contribution in [0.15, 0.2) is 176 Å². The van der Waals surface area contributed by atoms with Crippen LogP contribution in [0.5, 0.6) is 0 Å². The average molecular weight is 524 g/mol. The molecule has 0 aromatic heterocycles. The monoisotopic (exact) mass is 523 g/mol. The molecule has 0 fully saturated rings. The van der Waals surface area contributed by atoms with Crippen molar-refractivity contribution >= 4 is 27.8 Å². The average Bonchev–Trinajstić information content (AvgIpc) is 3.06. The summed E-state index contributed by atoms with van der Waals surface area (Å²) in [6, 6.07) is 62.8. The van der Waals surface area contributed by atoms with E-state index in [0.29, 0.717) is 0 Å². The molecule has 0 aliphatic heterocycles. The van der Waals surface area contributed by atoms with Crippen LogP contribution in [-0.4, -0.2) is 0 Å². The predicted molar refractivity (Wildman–Crippen MR) is 175 cm³/mol. The maximum atomic E-state index is 2.37. The molecule has 7 rings (SSSR count). The van der Waals surface area contributed by atoms with Gasteiger partial charge in [-0.2, -0.15) is 0 Å². The third-order valence-corrected chi connectivity index (χ3v) is 7.67. The molecule has 0 unspecified atom stereocenters. The molecule has 0 radical (unpaired) electrons. The molecule has 1 nitrogen and oxygen atoms in total. The van der Waals surface area contributed by atoms with Gasteiger partial charge in [-0.05, 0) is 68.9 Å². The normalized spacial score (nSPS) is 10.9. The third kappa shape index (κ3) is 4.79. The highest BCUT2D eigenvalue weighted by Gasteiger charge is 2.19. The van der Waals surface area contributed by atoms with E-state index >= 15 is 0 Å². The van der Waals surface area contributed by atoms with E-state index in [4.69, 9.17) is 0 Å². The molecule has 1 heteroatoms. The Balaban J connectivity index is 1.43. The Morgan fingerprint density at radius 2 is 0.780 bits per heavy atom. The van der Waals surface area contributed by atoms with Gasteiger partial charge in [0.25, 0.3) is 0 Å². The van der Waals surface area contributed by atoms with Gasteiger partial charge >= 0.3 is 0 Å². The van der Waals surface area contributed by atoms with Gasteiger partial charge in [0.15, 0.2) is 0 Å². The topological polar surface area (TPSA) is 3.24 Å². The summed E-state index contributed by atoms with van der Waals surface area (Å²) < 4.78 is 0. The quantitative estimate of drug-likeness (QED) is 0.209. The first-order valence-electron chi connectivity index (χ1n) is 14.0. The number of anilines is 3. The highest BCUT2D eigenvalue weighted by molar-refractivity contribution is 6.08. The van der Waals surface area contributed by atoms with Crippen molar-refractivity contribution in [1.82, 2.24) is 0 Å². The molecule has 194 valence electrons. The van der Waals surface area contributed by atoms with E-state index in [2.05, 4.69) is 181 Å². The van der Waals surface area contributed by atoms with Crippen LogP contribution in [0.25, 0.3) is 44.2 Å². The number of fused-ring (bicyclic) bond motifs is 1. The lowest BCUT2D eigenvalue weighted by molar-refractivity contribution is 1.28. The first-order chi connectivity index (χ1) is 20.4. The van der Waals surface area contributed by atoms with Gasteiger partial charge in [-0.25, -0.2) is 0 Å². The minimum atomic E-state index is 1.12. The molecule has 0 spiro atoms.